The number of hydrogen-bond donors (Lipinski definition) is 1. The monoisotopic (exact) mass is 336 g/mol. The number of nitrogen functional groups attached to an aromatic ring is 1. The quantitative estimate of drug-likeness (QED) is 0.832. The molecule has 1 saturated heterocycles. The van der Waals surface area contributed by atoms with E-state index in [1.807, 2.05) is 17.0 Å². The topological polar surface area (TPSA) is 29.3 Å². The molecular weight excluding hydrogens is 321 g/mol. The maximum atomic E-state index is 12.7. The number of piperidine rings is 1. The van der Waals surface area contributed by atoms with Crippen LogP contribution in [0.1, 0.15) is 18.4 Å². The molecule has 1 aliphatic rings. The van der Waals surface area contributed by atoms with Crippen LogP contribution in [0.2, 0.25) is 0 Å². The average molecular weight is 337 g/mol. The first-order chi connectivity index (χ1) is 8.86. The number of benzene rings is 1. The number of hydrogen-bond acceptors (Lipinski definition) is 2. The summed E-state index contributed by atoms with van der Waals surface area (Å²) in [7, 11) is 0. The van der Waals surface area contributed by atoms with Gasteiger partial charge < -0.3 is 5.73 Å². The van der Waals surface area contributed by atoms with Crippen LogP contribution in [0.3, 0.4) is 0 Å². The van der Waals surface area contributed by atoms with Gasteiger partial charge in [-0.05, 0) is 53.0 Å². The van der Waals surface area contributed by atoms with Crippen molar-refractivity contribution in [3.05, 3.63) is 28.2 Å². The van der Waals surface area contributed by atoms with Gasteiger partial charge in [-0.1, -0.05) is 6.07 Å². The third-order valence-electron chi connectivity index (χ3n) is 3.44. The van der Waals surface area contributed by atoms with Gasteiger partial charge in [-0.3, -0.25) is 4.90 Å². The van der Waals surface area contributed by atoms with Crippen molar-refractivity contribution >= 4 is 21.6 Å². The minimum atomic E-state index is -4.08. The lowest BCUT2D eigenvalue weighted by Crippen LogP contribution is -2.41. The Kier molecular flexibility index (Phi) is 4.40. The van der Waals surface area contributed by atoms with Crippen LogP contribution >= 0.6 is 15.9 Å². The molecule has 19 heavy (non-hydrogen) atoms. The number of halogens is 4. The Bertz CT molecular complexity index is 448. The molecule has 1 heterocycles. The van der Waals surface area contributed by atoms with E-state index in [2.05, 4.69) is 15.9 Å². The minimum Gasteiger partial charge on any atom is -0.398 e. The molecule has 0 bridgehead atoms. The second kappa shape index (κ2) is 5.71. The Morgan fingerprint density at radius 2 is 2.11 bits per heavy atom. The van der Waals surface area contributed by atoms with Crippen molar-refractivity contribution in [1.82, 2.24) is 4.90 Å². The van der Waals surface area contributed by atoms with Crippen LogP contribution in [0.4, 0.5) is 18.9 Å². The Labute approximate surface area is 118 Å². The number of nitrogens with zero attached hydrogens (tertiary/aromatic N) is 1. The van der Waals surface area contributed by atoms with Crippen molar-refractivity contribution in [3.63, 3.8) is 0 Å². The lowest BCUT2D eigenvalue weighted by molar-refractivity contribution is -0.187. The number of rotatable bonds is 2. The highest BCUT2D eigenvalue weighted by atomic mass is 79.9. The maximum absolute atomic E-state index is 12.7. The SMILES string of the molecule is Nc1ccc(CN2CCCC(C(F)(F)F)C2)cc1Br. The van der Waals surface area contributed by atoms with Crippen LogP contribution in [0.15, 0.2) is 22.7 Å². The standard InChI is InChI=1S/C13H16BrF3N2/c14-11-6-9(3-4-12(11)18)7-19-5-1-2-10(8-19)13(15,16)17/h3-4,6,10H,1-2,5,7-8,18H2. The van der Waals surface area contributed by atoms with Crippen molar-refractivity contribution in [2.45, 2.75) is 25.6 Å². The molecule has 0 aromatic heterocycles. The van der Waals surface area contributed by atoms with E-state index >= 15 is 0 Å². The van der Waals surface area contributed by atoms with Crippen LogP contribution in [0.5, 0.6) is 0 Å². The van der Waals surface area contributed by atoms with Crippen molar-refractivity contribution in [1.29, 1.82) is 0 Å². The summed E-state index contributed by atoms with van der Waals surface area (Å²) in [5, 5.41) is 0. The zero-order chi connectivity index (χ0) is 14.0. The van der Waals surface area contributed by atoms with Crippen molar-refractivity contribution in [2.24, 2.45) is 5.92 Å². The molecule has 0 saturated carbocycles. The molecule has 2 N–H and O–H groups in total. The first-order valence-electron chi connectivity index (χ1n) is 6.19. The van der Waals surface area contributed by atoms with Gasteiger partial charge in [0, 0.05) is 23.2 Å². The van der Waals surface area contributed by atoms with Crippen LogP contribution in [-0.2, 0) is 6.54 Å². The molecule has 0 radical (unpaired) electrons. The molecule has 1 unspecified atom stereocenters. The molecule has 1 fully saturated rings. The predicted octanol–water partition coefficient (Wildman–Crippen LogP) is 3.81. The number of likely N-dealkylation sites (tertiary alicyclic amines) is 1. The second-order valence-electron chi connectivity index (χ2n) is 4.97. The van der Waals surface area contributed by atoms with Gasteiger partial charge in [0.05, 0.1) is 5.92 Å². The van der Waals surface area contributed by atoms with Gasteiger partial charge in [0.2, 0.25) is 0 Å². The highest BCUT2D eigenvalue weighted by Gasteiger charge is 2.41. The lowest BCUT2D eigenvalue weighted by Gasteiger charge is -2.33. The van der Waals surface area contributed by atoms with E-state index < -0.39 is 12.1 Å². The fourth-order valence-corrected chi connectivity index (χ4v) is 2.82. The summed E-state index contributed by atoms with van der Waals surface area (Å²) in [6, 6.07) is 5.49. The van der Waals surface area contributed by atoms with E-state index in [-0.39, 0.29) is 13.0 Å². The molecule has 1 atom stereocenters. The third kappa shape index (κ3) is 3.86. The Morgan fingerprint density at radius 3 is 2.74 bits per heavy atom. The van der Waals surface area contributed by atoms with Gasteiger partial charge in [0.1, 0.15) is 0 Å². The van der Waals surface area contributed by atoms with Crippen LogP contribution in [-0.4, -0.2) is 24.2 Å². The largest absolute Gasteiger partial charge is 0.398 e. The summed E-state index contributed by atoms with van der Waals surface area (Å²) in [6.07, 6.45) is -3.24. The molecule has 1 aromatic rings. The first kappa shape index (κ1) is 14.7. The summed E-state index contributed by atoms with van der Waals surface area (Å²) in [5.41, 5.74) is 7.30. The molecule has 106 valence electrons. The van der Waals surface area contributed by atoms with Gasteiger partial charge in [-0.15, -0.1) is 0 Å². The summed E-state index contributed by atoms with van der Waals surface area (Å²) >= 11 is 3.33. The lowest BCUT2D eigenvalue weighted by atomic mass is 9.97. The highest BCUT2D eigenvalue weighted by molar-refractivity contribution is 9.10. The molecule has 2 rings (SSSR count). The molecule has 0 amide bonds. The zero-order valence-corrected chi connectivity index (χ0v) is 12.0. The highest BCUT2D eigenvalue weighted by Crippen LogP contribution is 2.33. The van der Waals surface area contributed by atoms with E-state index in [9.17, 15) is 13.2 Å². The van der Waals surface area contributed by atoms with E-state index in [1.165, 1.54) is 0 Å². The van der Waals surface area contributed by atoms with Crippen LogP contribution < -0.4 is 5.73 Å². The van der Waals surface area contributed by atoms with Gasteiger partial charge in [-0.2, -0.15) is 13.2 Å². The fourth-order valence-electron chi connectivity index (χ4n) is 2.39. The van der Waals surface area contributed by atoms with Gasteiger partial charge >= 0.3 is 6.18 Å². The Morgan fingerprint density at radius 1 is 1.37 bits per heavy atom. The summed E-state index contributed by atoms with van der Waals surface area (Å²) in [5.74, 6) is -1.20. The molecule has 1 aromatic carbocycles. The second-order valence-corrected chi connectivity index (χ2v) is 5.83. The number of alkyl halides is 3. The molecular formula is C13H16BrF3N2. The van der Waals surface area contributed by atoms with Crippen molar-refractivity contribution in [3.8, 4) is 0 Å². The third-order valence-corrected chi connectivity index (χ3v) is 4.13. The van der Waals surface area contributed by atoms with Gasteiger partial charge in [0.15, 0.2) is 0 Å². The van der Waals surface area contributed by atoms with Crippen LogP contribution in [0.25, 0.3) is 0 Å². The zero-order valence-electron chi connectivity index (χ0n) is 10.4. The summed E-state index contributed by atoms with van der Waals surface area (Å²) in [6.45, 7) is 1.34. The average Bonchev–Trinajstić information content (AvgIpc) is 2.33. The van der Waals surface area contributed by atoms with E-state index in [1.54, 1.807) is 6.07 Å². The normalized spacial score (nSPS) is 21.6. The number of anilines is 1. The summed E-state index contributed by atoms with van der Waals surface area (Å²) in [4.78, 5) is 1.86. The fraction of sp³-hybridized carbons (Fsp3) is 0.538. The summed E-state index contributed by atoms with van der Waals surface area (Å²) < 4.78 is 38.9. The molecule has 0 spiro atoms. The molecule has 6 heteroatoms. The van der Waals surface area contributed by atoms with Gasteiger partial charge in [-0.25, -0.2) is 0 Å². The van der Waals surface area contributed by atoms with E-state index in [0.29, 0.717) is 25.2 Å². The first-order valence-corrected chi connectivity index (χ1v) is 6.98. The predicted molar refractivity (Wildman–Crippen MR) is 72.6 cm³/mol. The van der Waals surface area contributed by atoms with E-state index in [0.717, 1.165) is 10.0 Å². The Hall–Kier alpha value is -0.750. The molecule has 0 aliphatic carbocycles. The molecule has 1 aliphatic heterocycles. The van der Waals surface area contributed by atoms with Crippen molar-refractivity contribution < 1.29 is 13.2 Å². The van der Waals surface area contributed by atoms with Crippen LogP contribution in [0, 0.1) is 5.92 Å². The smallest absolute Gasteiger partial charge is 0.393 e. The maximum Gasteiger partial charge on any atom is 0.393 e. The van der Waals surface area contributed by atoms with Gasteiger partial charge in [0.25, 0.3) is 0 Å². The minimum absolute atomic E-state index is 0.0888. The molecule has 2 nitrogen and oxygen atoms in total. The van der Waals surface area contributed by atoms with E-state index in [4.69, 9.17) is 5.73 Å². The van der Waals surface area contributed by atoms with Crippen molar-refractivity contribution in [2.75, 3.05) is 18.8 Å². The number of nitrogens with two attached hydrogens (primary N) is 1. The Balaban J connectivity index is 2.00.